The highest BCUT2D eigenvalue weighted by Gasteiger charge is 2.57. The molecule has 0 radical (unpaired) electrons. The van der Waals surface area contributed by atoms with Crippen molar-refractivity contribution < 1.29 is 35.9 Å². The van der Waals surface area contributed by atoms with Gasteiger partial charge in [0.2, 0.25) is 6.10 Å². The van der Waals surface area contributed by atoms with Crippen molar-refractivity contribution in [1.29, 1.82) is 0 Å². The zero-order valence-corrected chi connectivity index (χ0v) is 10.7. The molecule has 0 atom stereocenters. The lowest BCUT2D eigenvalue weighted by Gasteiger charge is -2.22. The van der Waals surface area contributed by atoms with Gasteiger partial charge in [0.05, 0.1) is 4.88 Å². The van der Waals surface area contributed by atoms with E-state index in [2.05, 4.69) is 4.74 Å². The number of ether oxygens (including phenoxy) is 1. The largest absolute Gasteiger partial charge is 0.423 e. The second-order valence-electron chi connectivity index (χ2n) is 3.84. The molecule has 1 aromatic heterocycles. The third kappa shape index (κ3) is 5.12. The minimum atomic E-state index is -5.52. The van der Waals surface area contributed by atoms with Crippen LogP contribution in [0.2, 0.25) is 0 Å². The van der Waals surface area contributed by atoms with Crippen LogP contribution in [0.5, 0.6) is 0 Å². The Balaban J connectivity index is 2.40. The zero-order valence-electron chi connectivity index (χ0n) is 9.92. The maximum atomic E-state index is 12.1. The quantitative estimate of drug-likeness (QED) is 0.446. The van der Waals surface area contributed by atoms with Gasteiger partial charge in [-0.3, -0.25) is 4.79 Å². The Morgan fingerprint density at radius 3 is 2.25 bits per heavy atom. The summed E-state index contributed by atoms with van der Waals surface area (Å²) < 4.78 is 76.5. The van der Waals surface area contributed by atoms with Crippen LogP contribution in [0.4, 0.5) is 26.3 Å². The van der Waals surface area contributed by atoms with E-state index >= 15 is 0 Å². The van der Waals surface area contributed by atoms with Gasteiger partial charge in [-0.2, -0.15) is 26.3 Å². The average Bonchev–Trinajstić information content (AvgIpc) is 2.77. The monoisotopic (exact) mass is 320 g/mol. The molecule has 0 aliphatic carbocycles. The molecule has 0 aliphatic heterocycles. The molecule has 0 spiro atoms. The summed E-state index contributed by atoms with van der Waals surface area (Å²) in [7, 11) is 0. The Morgan fingerprint density at radius 1 is 1.20 bits per heavy atom. The van der Waals surface area contributed by atoms with Gasteiger partial charge in [0, 0.05) is 13.0 Å². The van der Waals surface area contributed by atoms with Gasteiger partial charge in [-0.05, 0) is 17.9 Å². The summed E-state index contributed by atoms with van der Waals surface area (Å²) in [5, 5.41) is 1.65. The summed E-state index contributed by atoms with van der Waals surface area (Å²) in [6.07, 6.45) is -15.2. The van der Waals surface area contributed by atoms with Crippen LogP contribution in [0.3, 0.4) is 0 Å². The van der Waals surface area contributed by atoms with E-state index in [0.717, 1.165) is 11.3 Å². The highest BCUT2D eigenvalue weighted by Crippen LogP contribution is 2.35. The van der Waals surface area contributed by atoms with Crippen LogP contribution in [0.25, 0.3) is 0 Å². The number of ketones is 1. The fourth-order valence-corrected chi connectivity index (χ4v) is 2.06. The summed E-state index contributed by atoms with van der Waals surface area (Å²) in [5.74, 6) is -0.334. The summed E-state index contributed by atoms with van der Waals surface area (Å²) >= 11 is 1.15. The van der Waals surface area contributed by atoms with Crippen LogP contribution in [-0.4, -0.2) is 30.8 Å². The molecule has 1 heterocycles. The molecule has 0 bridgehead atoms. The highest BCUT2D eigenvalue weighted by molar-refractivity contribution is 7.12. The molecular weight excluding hydrogens is 310 g/mol. The molecule has 0 amide bonds. The van der Waals surface area contributed by atoms with Crippen molar-refractivity contribution in [3.63, 3.8) is 0 Å². The number of hydrogen-bond donors (Lipinski definition) is 0. The molecule has 0 aliphatic rings. The van der Waals surface area contributed by atoms with E-state index < -0.39 is 25.1 Å². The van der Waals surface area contributed by atoms with Gasteiger partial charge in [-0.25, -0.2) is 0 Å². The first-order valence-electron chi connectivity index (χ1n) is 5.44. The predicted octanol–water partition coefficient (Wildman–Crippen LogP) is 4.22. The predicted molar refractivity (Wildman–Crippen MR) is 59.7 cm³/mol. The van der Waals surface area contributed by atoms with Crippen LogP contribution in [0, 0.1) is 0 Å². The van der Waals surface area contributed by atoms with Crippen molar-refractivity contribution in [2.24, 2.45) is 0 Å². The van der Waals surface area contributed by atoms with Gasteiger partial charge < -0.3 is 4.74 Å². The van der Waals surface area contributed by atoms with E-state index in [0.29, 0.717) is 4.88 Å². The fourth-order valence-electron chi connectivity index (χ4n) is 1.37. The Bertz CT molecular complexity index is 409. The van der Waals surface area contributed by atoms with Crippen LogP contribution in [0.1, 0.15) is 22.5 Å². The fraction of sp³-hybridized carbons (Fsp3) is 0.545. The van der Waals surface area contributed by atoms with E-state index in [1.54, 1.807) is 11.4 Å². The molecule has 2 nitrogen and oxygen atoms in total. The van der Waals surface area contributed by atoms with Gasteiger partial charge >= 0.3 is 12.4 Å². The molecule has 20 heavy (non-hydrogen) atoms. The van der Waals surface area contributed by atoms with Crippen molar-refractivity contribution in [3.05, 3.63) is 22.4 Å². The molecule has 1 rings (SSSR count). The average molecular weight is 320 g/mol. The van der Waals surface area contributed by atoms with Gasteiger partial charge in [0.1, 0.15) is 0 Å². The van der Waals surface area contributed by atoms with Gasteiger partial charge in [-0.1, -0.05) is 6.07 Å². The summed E-state index contributed by atoms with van der Waals surface area (Å²) in [4.78, 5) is 11.9. The standard InChI is InChI=1S/C11H10F6O2S/c12-10(13,14)9(11(15,16)17)19-5-1-3-7(18)8-4-2-6-20-8/h2,4,6,9H,1,3,5H2. The number of carbonyl (C=O) groups excluding carboxylic acids is 1. The van der Waals surface area contributed by atoms with Crippen molar-refractivity contribution in [1.82, 2.24) is 0 Å². The van der Waals surface area contributed by atoms with Crippen LogP contribution < -0.4 is 0 Å². The topological polar surface area (TPSA) is 26.3 Å². The minimum Gasteiger partial charge on any atom is -0.361 e. The number of hydrogen-bond acceptors (Lipinski definition) is 3. The van der Waals surface area contributed by atoms with Crippen LogP contribution >= 0.6 is 11.3 Å². The maximum absolute atomic E-state index is 12.1. The molecule has 0 aromatic carbocycles. The number of rotatable bonds is 6. The van der Waals surface area contributed by atoms with E-state index in [9.17, 15) is 31.1 Å². The molecule has 0 fully saturated rings. The lowest BCUT2D eigenvalue weighted by molar-refractivity contribution is -0.321. The van der Waals surface area contributed by atoms with Crippen molar-refractivity contribution in [3.8, 4) is 0 Å². The van der Waals surface area contributed by atoms with E-state index in [-0.39, 0.29) is 18.6 Å². The zero-order chi connectivity index (χ0) is 15.4. The first-order valence-corrected chi connectivity index (χ1v) is 6.32. The van der Waals surface area contributed by atoms with Crippen molar-refractivity contribution >= 4 is 17.1 Å². The summed E-state index contributed by atoms with van der Waals surface area (Å²) in [5.41, 5.74) is 0. The summed E-state index contributed by atoms with van der Waals surface area (Å²) in [6.45, 7) is -0.791. The second-order valence-corrected chi connectivity index (χ2v) is 4.79. The van der Waals surface area contributed by atoms with Crippen molar-refractivity contribution in [2.45, 2.75) is 31.3 Å². The Hall–Kier alpha value is -1.09. The van der Waals surface area contributed by atoms with Crippen molar-refractivity contribution in [2.75, 3.05) is 6.61 Å². The Kier molecular flexibility index (Phi) is 5.58. The molecule has 9 heteroatoms. The maximum Gasteiger partial charge on any atom is 0.423 e. The number of alkyl halides is 6. The Labute approximate surface area is 114 Å². The lowest BCUT2D eigenvalue weighted by atomic mass is 10.2. The molecule has 114 valence electrons. The van der Waals surface area contributed by atoms with E-state index in [1.165, 1.54) is 6.07 Å². The minimum absolute atomic E-state index is 0.164. The third-order valence-electron chi connectivity index (χ3n) is 2.22. The Morgan fingerprint density at radius 2 is 1.80 bits per heavy atom. The normalized spacial score (nSPS) is 12.9. The molecule has 0 saturated carbocycles. The van der Waals surface area contributed by atoms with E-state index in [1.807, 2.05) is 0 Å². The lowest BCUT2D eigenvalue weighted by Crippen LogP contribution is -2.44. The third-order valence-corrected chi connectivity index (χ3v) is 3.13. The first kappa shape index (κ1) is 17.0. The number of carbonyl (C=O) groups is 1. The molecule has 0 N–H and O–H groups in total. The smallest absolute Gasteiger partial charge is 0.361 e. The van der Waals surface area contributed by atoms with Crippen LogP contribution in [-0.2, 0) is 4.74 Å². The first-order chi connectivity index (χ1) is 9.12. The second kappa shape index (κ2) is 6.57. The SMILES string of the molecule is O=C(CCCOC(C(F)(F)F)C(F)(F)F)c1cccs1. The molecule has 0 saturated heterocycles. The number of Topliss-reactive ketones (excluding diaryl/α,β-unsaturated/α-hetero) is 1. The van der Waals surface area contributed by atoms with Crippen LogP contribution in [0.15, 0.2) is 17.5 Å². The van der Waals surface area contributed by atoms with E-state index in [4.69, 9.17) is 0 Å². The molecular formula is C11H10F6O2S. The van der Waals surface area contributed by atoms with Gasteiger partial charge in [0.25, 0.3) is 0 Å². The number of halogens is 6. The van der Waals surface area contributed by atoms with Gasteiger partial charge in [-0.15, -0.1) is 11.3 Å². The summed E-state index contributed by atoms with van der Waals surface area (Å²) in [6, 6.07) is 3.15. The number of thiophene rings is 1. The molecule has 1 aromatic rings. The molecule has 0 unspecified atom stereocenters. The van der Waals surface area contributed by atoms with Gasteiger partial charge in [0.15, 0.2) is 5.78 Å². The highest BCUT2D eigenvalue weighted by atomic mass is 32.1.